The van der Waals surface area contributed by atoms with Crippen molar-refractivity contribution in [1.82, 2.24) is 4.90 Å². The van der Waals surface area contributed by atoms with Crippen molar-refractivity contribution < 1.29 is 5.11 Å². The Morgan fingerprint density at radius 1 is 1.28 bits per heavy atom. The fraction of sp³-hybridized carbons (Fsp3) is 1.00. The second kappa shape index (κ2) is 5.10. The summed E-state index contributed by atoms with van der Waals surface area (Å²) >= 11 is 0. The highest BCUT2D eigenvalue weighted by Gasteiger charge is 2.53. The number of nitrogens with zero attached hydrogens (tertiary/aromatic N) is 1. The highest BCUT2D eigenvalue weighted by molar-refractivity contribution is 5.06. The zero-order valence-corrected chi connectivity index (χ0v) is 12.3. The van der Waals surface area contributed by atoms with Gasteiger partial charge < -0.3 is 15.7 Å². The van der Waals surface area contributed by atoms with Crippen LogP contribution in [0.1, 0.15) is 46.0 Å². The van der Waals surface area contributed by atoms with Gasteiger partial charge in [-0.15, -0.1) is 0 Å². The van der Waals surface area contributed by atoms with Gasteiger partial charge in [-0.25, -0.2) is 0 Å². The van der Waals surface area contributed by atoms with Crippen molar-refractivity contribution >= 4 is 0 Å². The van der Waals surface area contributed by atoms with E-state index < -0.39 is 5.60 Å². The van der Waals surface area contributed by atoms with Gasteiger partial charge in [0, 0.05) is 25.0 Å². The third kappa shape index (κ3) is 2.33. The smallest absolute Gasteiger partial charge is 0.0853 e. The van der Waals surface area contributed by atoms with Crippen LogP contribution in [0.4, 0.5) is 0 Å². The van der Waals surface area contributed by atoms with E-state index in [2.05, 4.69) is 25.8 Å². The van der Waals surface area contributed by atoms with Gasteiger partial charge in [-0.1, -0.05) is 13.8 Å². The molecule has 1 saturated carbocycles. The zero-order chi connectivity index (χ0) is 13.4. The lowest BCUT2D eigenvalue weighted by Crippen LogP contribution is -2.55. The molecule has 0 bridgehead atoms. The van der Waals surface area contributed by atoms with Crippen LogP contribution in [0.5, 0.6) is 0 Å². The fourth-order valence-corrected chi connectivity index (χ4v) is 4.13. The summed E-state index contributed by atoms with van der Waals surface area (Å²) in [6.07, 6.45) is 5.59. The van der Waals surface area contributed by atoms with E-state index >= 15 is 0 Å². The molecule has 0 aromatic heterocycles. The van der Waals surface area contributed by atoms with Crippen LogP contribution in [-0.2, 0) is 0 Å². The van der Waals surface area contributed by atoms with Gasteiger partial charge >= 0.3 is 0 Å². The van der Waals surface area contributed by atoms with Gasteiger partial charge in [0.05, 0.1) is 5.60 Å². The summed E-state index contributed by atoms with van der Waals surface area (Å²) in [5.41, 5.74) is 5.52. The number of hydrogen-bond donors (Lipinski definition) is 2. The molecule has 3 N–H and O–H groups in total. The van der Waals surface area contributed by atoms with E-state index in [1.807, 2.05) is 0 Å². The Bertz CT molecular complexity index is 284. The molecule has 0 amide bonds. The second-order valence-electron chi connectivity index (χ2n) is 7.09. The van der Waals surface area contributed by atoms with Crippen LogP contribution >= 0.6 is 0 Å². The van der Waals surface area contributed by atoms with Crippen molar-refractivity contribution in [2.45, 2.75) is 51.6 Å². The SMILES string of the molecule is CC(C)C1CCC(CN)(C2(O)CCN(C)C2)CC1. The Kier molecular flexibility index (Phi) is 4.05. The molecule has 3 nitrogen and oxygen atoms in total. The van der Waals surface area contributed by atoms with Gasteiger partial charge in [0.25, 0.3) is 0 Å². The summed E-state index contributed by atoms with van der Waals surface area (Å²) in [6, 6.07) is 0. The first-order chi connectivity index (χ1) is 8.42. The minimum absolute atomic E-state index is 0.0247. The molecule has 0 spiro atoms. The first-order valence-corrected chi connectivity index (χ1v) is 7.53. The summed E-state index contributed by atoms with van der Waals surface area (Å²) < 4.78 is 0. The first-order valence-electron chi connectivity index (χ1n) is 7.53. The molecule has 1 saturated heterocycles. The van der Waals surface area contributed by atoms with Crippen LogP contribution in [0.2, 0.25) is 0 Å². The number of likely N-dealkylation sites (tertiary alicyclic amines) is 1. The Morgan fingerprint density at radius 2 is 1.89 bits per heavy atom. The molecular weight excluding hydrogens is 224 g/mol. The number of rotatable bonds is 3. The minimum Gasteiger partial charge on any atom is -0.388 e. The highest BCUT2D eigenvalue weighted by Crippen LogP contribution is 2.50. The van der Waals surface area contributed by atoms with Crippen molar-refractivity contribution in [2.24, 2.45) is 23.0 Å². The summed E-state index contributed by atoms with van der Waals surface area (Å²) in [7, 11) is 2.10. The molecule has 2 aliphatic rings. The summed E-state index contributed by atoms with van der Waals surface area (Å²) in [5, 5.41) is 11.0. The van der Waals surface area contributed by atoms with Gasteiger partial charge in [0.1, 0.15) is 0 Å². The number of likely N-dealkylation sites (N-methyl/N-ethyl adjacent to an activating group) is 1. The molecule has 2 rings (SSSR count). The molecule has 1 aliphatic carbocycles. The lowest BCUT2D eigenvalue weighted by Gasteiger charge is -2.49. The summed E-state index contributed by atoms with van der Waals surface area (Å²) in [5.74, 6) is 1.59. The van der Waals surface area contributed by atoms with E-state index in [4.69, 9.17) is 5.73 Å². The topological polar surface area (TPSA) is 49.5 Å². The van der Waals surface area contributed by atoms with Crippen LogP contribution in [0.25, 0.3) is 0 Å². The van der Waals surface area contributed by atoms with Gasteiger partial charge in [-0.3, -0.25) is 0 Å². The van der Waals surface area contributed by atoms with Crippen LogP contribution in [-0.4, -0.2) is 42.3 Å². The van der Waals surface area contributed by atoms with Crippen LogP contribution in [0.3, 0.4) is 0 Å². The van der Waals surface area contributed by atoms with Crippen molar-refractivity contribution in [3.05, 3.63) is 0 Å². The molecule has 1 atom stereocenters. The van der Waals surface area contributed by atoms with Gasteiger partial charge in [0.15, 0.2) is 0 Å². The molecule has 1 heterocycles. The maximum atomic E-state index is 11.0. The van der Waals surface area contributed by atoms with E-state index in [-0.39, 0.29) is 5.41 Å². The Hall–Kier alpha value is -0.120. The number of nitrogens with two attached hydrogens (primary N) is 1. The molecular formula is C15H30N2O. The Morgan fingerprint density at radius 3 is 2.28 bits per heavy atom. The average molecular weight is 254 g/mol. The largest absolute Gasteiger partial charge is 0.388 e. The molecule has 2 fully saturated rings. The number of hydrogen-bond acceptors (Lipinski definition) is 3. The molecule has 0 radical (unpaired) electrons. The van der Waals surface area contributed by atoms with Crippen molar-refractivity contribution in [3.8, 4) is 0 Å². The Balaban J connectivity index is 2.09. The second-order valence-corrected chi connectivity index (χ2v) is 7.09. The average Bonchev–Trinajstić information content (AvgIpc) is 2.70. The zero-order valence-electron chi connectivity index (χ0n) is 12.3. The van der Waals surface area contributed by atoms with Crippen LogP contribution in [0.15, 0.2) is 0 Å². The molecule has 0 aromatic carbocycles. The van der Waals surface area contributed by atoms with Crippen molar-refractivity contribution in [3.63, 3.8) is 0 Å². The molecule has 18 heavy (non-hydrogen) atoms. The van der Waals surface area contributed by atoms with Crippen LogP contribution in [0, 0.1) is 17.3 Å². The molecule has 1 unspecified atom stereocenters. The fourth-order valence-electron chi connectivity index (χ4n) is 4.13. The third-order valence-corrected chi connectivity index (χ3v) is 5.75. The Labute approximate surface area is 112 Å². The maximum absolute atomic E-state index is 11.0. The van der Waals surface area contributed by atoms with E-state index in [0.717, 1.165) is 44.2 Å². The third-order valence-electron chi connectivity index (χ3n) is 5.75. The van der Waals surface area contributed by atoms with Crippen LogP contribution < -0.4 is 5.73 Å². The monoisotopic (exact) mass is 254 g/mol. The summed E-state index contributed by atoms with van der Waals surface area (Å²) in [6.45, 7) is 7.08. The normalized spacial score (nSPS) is 42.7. The molecule has 1 aliphatic heterocycles. The summed E-state index contributed by atoms with van der Waals surface area (Å²) in [4.78, 5) is 2.24. The van der Waals surface area contributed by atoms with Gasteiger partial charge in [0.2, 0.25) is 0 Å². The number of β-amino-alcohol motifs (C(OH)–C–C–N with tert-alkyl or cyclic N) is 1. The van der Waals surface area contributed by atoms with Gasteiger partial charge in [-0.05, 0) is 51.0 Å². The van der Waals surface area contributed by atoms with E-state index in [1.165, 1.54) is 12.8 Å². The molecule has 3 heteroatoms. The minimum atomic E-state index is -0.543. The van der Waals surface area contributed by atoms with E-state index in [0.29, 0.717) is 6.54 Å². The van der Waals surface area contributed by atoms with Crippen molar-refractivity contribution in [2.75, 3.05) is 26.7 Å². The predicted octanol–water partition coefficient (Wildman–Crippen LogP) is 1.84. The molecule has 0 aromatic rings. The van der Waals surface area contributed by atoms with Crippen molar-refractivity contribution in [1.29, 1.82) is 0 Å². The lowest BCUT2D eigenvalue weighted by atomic mass is 9.59. The lowest BCUT2D eigenvalue weighted by molar-refractivity contribution is -0.0974. The quantitative estimate of drug-likeness (QED) is 0.808. The van der Waals surface area contributed by atoms with E-state index in [9.17, 15) is 5.11 Å². The van der Waals surface area contributed by atoms with E-state index in [1.54, 1.807) is 0 Å². The standard InChI is InChI=1S/C15H30N2O/c1-12(2)13-4-6-14(10-16,7-5-13)15(18)8-9-17(3)11-15/h12-13,18H,4-11,16H2,1-3H3. The first kappa shape index (κ1) is 14.3. The highest BCUT2D eigenvalue weighted by atomic mass is 16.3. The maximum Gasteiger partial charge on any atom is 0.0853 e. The number of aliphatic hydroxyl groups is 1. The predicted molar refractivity (Wildman–Crippen MR) is 75.3 cm³/mol. The van der Waals surface area contributed by atoms with Gasteiger partial charge in [-0.2, -0.15) is 0 Å². The molecule has 106 valence electrons.